The molecule has 226 valence electrons. The van der Waals surface area contributed by atoms with Gasteiger partial charge in [0.15, 0.2) is 0 Å². The van der Waals surface area contributed by atoms with Crippen LogP contribution in [0.3, 0.4) is 0 Å². The van der Waals surface area contributed by atoms with Crippen LogP contribution in [0.1, 0.15) is 101 Å². The molecule has 0 heterocycles. The lowest BCUT2D eigenvalue weighted by Gasteiger charge is -2.16. The fourth-order valence-corrected chi connectivity index (χ4v) is 4.68. The van der Waals surface area contributed by atoms with Crippen molar-refractivity contribution >= 4 is 12.0 Å². The zero-order valence-electron chi connectivity index (χ0n) is 25.1. The summed E-state index contributed by atoms with van der Waals surface area (Å²) < 4.78 is 17.3. The lowest BCUT2D eigenvalue weighted by atomic mass is 10.1. The van der Waals surface area contributed by atoms with Gasteiger partial charge in [0.05, 0.1) is 6.61 Å². The number of unbranched alkanes of at least 4 members (excludes halogenated alkanes) is 8. The Balaban J connectivity index is 1.60. The molecule has 0 aliphatic rings. The number of esters is 1. The zero-order chi connectivity index (χ0) is 30.0. The van der Waals surface area contributed by atoms with E-state index in [4.69, 9.17) is 14.2 Å². The van der Waals surface area contributed by atoms with Crippen LogP contribution in [-0.4, -0.2) is 22.8 Å². The van der Waals surface area contributed by atoms with Crippen molar-refractivity contribution in [1.82, 2.24) is 0 Å². The van der Waals surface area contributed by atoms with E-state index >= 15 is 0 Å². The third-order valence-electron chi connectivity index (χ3n) is 7.02. The van der Waals surface area contributed by atoms with Crippen LogP contribution in [0.25, 0.3) is 6.08 Å². The van der Waals surface area contributed by atoms with Crippen molar-refractivity contribution in [2.75, 3.05) is 6.61 Å². The molecule has 0 bridgehead atoms. The smallest absolute Gasteiger partial charge is 0.311 e. The molecule has 42 heavy (non-hydrogen) atoms. The van der Waals surface area contributed by atoms with Crippen molar-refractivity contribution in [2.45, 2.75) is 90.8 Å². The van der Waals surface area contributed by atoms with Gasteiger partial charge in [-0.25, -0.2) is 0 Å². The van der Waals surface area contributed by atoms with E-state index < -0.39 is 6.10 Å². The molecule has 0 saturated heterocycles. The van der Waals surface area contributed by atoms with Gasteiger partial charge in [-0.05, 0) is 43.2 Å². The van der Waals surface area contributed by atoms with Crippen LogP contribution in [-0.2, 0) is 11.4 Å². The van der Waals surface area contributed by atoms with Crippen LogP contribution in [0.5, 0.6) is 23.0 Å². The number of aliphatic hydroxyl groups excluding tert-OH is 1. The maximum atomic E-state index is 12.6. The molecule has 3 aromatic rings. The first-order chi connectivity index (χ1) is 20.5. The van der Waals surface area contributed by atoms with Crippen molar-refractivity contribution in [3.8, 4) is 23.0 Å². The third-order valence-corrected chi connectivity index (χ3v) is 7.02. The number of carbonyl (C=O) groups is 1. The standard InChI is InChI=1S/C36H46O6/c1-3-5-6-7-8-9-10-11-15-18-36(39)42-34-25-30(37)21-19-29(34)20-24-33(38)32-23-22-31(40-4-2)26-35(32)41-27-28-16-13-12-14-17-28/h12-14,16-17,19-26,33,37-38H,3-11,15,18,27H2,1-2H3. The number of rotatable bonds is 19. The number of phenols is 1. The van der Waals surface area contributed by atoms with Crippen LogP contribution < -0.4 is 14.2 Å². The summed E-state index contributed by atoms with van der Waals surface area (Å²) in [5.74, 6) is 1.09. The number of phenolic OH excluding ortho intramolecular Hbond substituents is 1. The number of ether oxygens (including phenoxy) is 3. The Morgan fingerprint density at radius 1 is 0.810 bits per heavy atom. The summed E-state index contributed by atoms with van der Waals surface area (Å²) in [6, 6.07) is 19.8. The van der Waals surface area contributed by atoms with Crippen LogP contribution in [0, 0.1) is 0 Å². The average molecular weight is 575 g/mol. The number of hydrogen-bond donors (Lipinski definition) is 2. The highest BCUT2D eigenvalue weighted by Crippen LogP contribution is 2.33. The van der Waals surface area contributed by atoms with Gasteiger partial charge in [-0.3, -0.25) is 4.79 Å². The molecule has 6 heteroatoms. The summed E-state index contributed by atoms with van der Waals surface area (Å²) in [5, 5.41) is 21.1. The normalized spacial score (nSPS) is 11.9. The zero-order valence-corrected chi connectivity index (χ0v) is 25.1. The number of aliphatic hydroxyl groups is 1. The van der Waals surface area contributed by atoms with Gasteiger partial charge in [0.1, 0.15) is 35.7 Å². The van der Waals surface area contributed by atoms with Gasteiger partial charge in [0.25, 0.3) is 0 Å². The van der Waals surface area contributed by atoms with Crippen LogP contribution in [0.4, 0.5) is 0 Å². The van der Waals surface area contributed by atoms with Gasteiger partial charge >= 0.3 is 5.97 Å². The van der Waals surface area contributed by atoms with Crippen LogP contribution >= 0.6 is 0 Å². The number of benzene rings is 3. The van der Waals surface area contributed by atoms with Crippen molar-refractivity contribution in [1.29, 1.82) is 0 Å². The summed E-state index contributed by atoms with van der Waals surface area (Å²) >= 11 is 0. The molecule has 0 aliphatic carbocycles. The molecule has 0 spiro atoms. The van der Waals surface area contributed by atoms with Gasteiger partial charge < -0.3 is 24.4 Å². The topological polar surface area (TPSA) is 85.2 Å². The van der Waals surface area contributed by atoms with E-state index in [-0.39, 0.29) is 17.5 Å². The Morgan fingerprint density at radius 2 is 1.52 bits per heavy atom. The molecule has 0 radical (unpaired) electrons. The first kappa shape index (κ1) is 32.7. The fraction of sp³-hybridized carbons (Fsp3) is 0.417. The molecule has 2 N–H and O–H groups in total. The number of aromatic hydroxyl groups is 1. The third kappa shape index (κ3) is 11.6. The molecule has 3 rings (SSSR count). The number of hydrogen-bond acceptors (Lipinski definition) is 6. The van der Waals surface area contributed by atoms with E-state index in [0.29, 0.717) is 42.3 Å². The van der Waals surface area contributed by atoms with Gasteiger partial charge in [0, 0.05) is 29.7 Å². The highest BCUT2D eigenvalue weighted by Gasteiger charge is 2.15. The maximum absolute atomic E-state index is 12.6. The summed E-state index contributed by atoms with van der Waals surface area (Å²) in [6.07, 6.45) is 13.1. The summed E-state index contributed by atoms with van der Waals surface area (Å²) in [5.41, 5.74) is 2.16. The Labute approximate surface area is 251 Å². The lowest BCUT2D eigenvalue weighted by Crippen LogP contribution is -2.08. The van der Waals surface area contributed by atoms with Gasteiger partial charge in [-0.15, -0.1) is 0 Å². The lowest BCUT2D eigenvalue weighted by molar-refractivity contribution is -0.134. The molecule has 0 saturated carbocycles. The van der Waals surface area contributed by atoms with Gasteiger partial charge in [-0.1, -0.05) is 101 Å². The highest BCUT2D eigenvalue weighted by molar-refractivity contribution is 5.74. The molecular formula is C36H46O6. The molecule has 1 atom stereocenters. The Hall–Kier alpha value is -3.77. The summed E-state index contributed by atoms with van der Waals surface area (Å²) in [4.78, 5) is 12.6. The molecule has 0 aromatic heterocycles. The van der Waals surface area contributed by atoms with E-state index in [1.54, 1.807) is 36.4 Å². The predicted molar refractivity (Wildman–Crippen MR) is 168 cm³/mol. The van der Waals surface area contributed by atoms with Crippen molar-refractivity contribution < 1.29 is 29.2 Å². The highest BCUT2D eigenvalue weighted by atomic mass is 16.5. The fourth-order valence-electron chi connectivity index (χ4n) is 4.68. The summed E-state index contributed by atoms with van der Waals surface area (Å²) in [6.45, 7) is 4.99. The SMILES string of the molecule is CCCCCCCCCCCC(=O)Oc1cc(O)ccc1C=CC(O)c1ccc(OCC)cc1OCc1ccccc1. The monoisotopic (exact) mass is 574 g/mol. The first-order valence-electron chi connectivity index (χ1n) is 15.3. The van der Waals surface area contributed by atoms with Crippen LogP contribution in [0.2, 0.25) is 0 Å². The quantitative estimate of drug-likeness (QED) is 0.0844. The van der Waals surface area contributed by atoms with Crippen molar-refractivity contribution in [3.05, 3.63) is 89.5 Å². The first-order valence-corrected chi connectivity index (χ1v) is 15.3. The van der Waals surface area contributed by atoms with Crippen molar-refractivity contribution in [3.63, 3.8) is 0 Å². The average Bonchev–Trinajstić information content (AvgIpc) is 2.99. The van der Waals surface area contributed by atoms with Gasteiger partial charge in [-0.2, -0.15) is 0 Å². The summed E-state index contributed by atoms with van der Waals surface area (Å²) in [7, 11) is 0. The van der Waals surface area contributed by atoms with E-state index in [0.717, 1.165) is 24.8 Å². The predicted octanol–water partition coefficient (Wildman–Crippen LogP) is 8.94. The minimum Gasteiger partial charge on any atom is -0.508 e. The Kier molecular flexibility index (Phi) is 14.5. The Morgan fingerprint density at radius 3 is 2.24 bits per heavy atom. The van der Waals surface area contributed by atoms with E-state index in [1.165, 1.54) is 50.7 Å². The second-order valence-corrected chi connectivity index (χ2v) is 10.5. The molecule has 0 fully saturated rings. The molecule has 6 nitrogen and oxygen atoms in total. The molecule has 0 amide bonds. The van der Waals surface area contributed by atoms with E-state index in [1.807, 2.05) is 37.3 Å². The Bertz CT molecular complexity index is 1240. The molecule has 1 unspecified atom stereocenters. The second-order valence-electron chi connectivity index (χ2n) is 10.5. The van der Waals surface area contributed by atoms with Crippen LogP contribution in [0.15, 0.2) is 72.8 Å². The minimum atomic E-state index is -0.995. The molecule has 0 aliphatic heterocycles. The van der Waals surface area contributed by atoms with Crippen molar-refractivity contribution in [2.24, 2.45) is 0 Å². The van der Waals surface area contributed by atoms with E-state index in [2.05, 4.69) is 6.92 Å². The largest absolute Gasteiger partial charge is 0.508 e. The maximum Gasteiger partial charge on any atom is 0.311 e. The van der Waals surface area contributed by atoms with E-state index in [9.17, 15) is 15.0 Å². The molecule has 3 aromatic carbocycles. The molecular weight excluding hydrogens is 528 g/mol. The minimum absolute atomic E-state index is 0.00156. The van der Waals surface area contributed by atoms with Gasteiger partial charge in [0.2, 0.25) is 0 Å². The number of carbonyl (C=O) groups excluding carboxylic acids is 1. The second kappa shape index (κ2) is 18.6.